The summed E-state index contributed by atoms with van der Waals surface area (Å²) in [6.07, 6.45) is -6.59. The second kappa shape index (κ2) is 5.58. The van der Waals surface area contributed by atoms with Crippen molar-refractivity contribution in [2.75, 3.05) is 5.32 Å². The SMILES string of the molecule is CC(=O)c1ccc(NC(=O)C(F)(F)C(F)(F)C(F)(F)F)cc1. The molecule has 3 nitrogen and oxygen atoms in total. The summed E-state index contributed by atoms with van der Waals surface area (Å²) < 4.78 is 87.2. The molecule has 0 atom stereocenters. The molecule has 1 rings (SSSR count). The van der Waals surface area contributed by atoms with Gasteiger partial charge in [0.05, 0.1) is 0 Å². The minimum Gasteiger partial charge on any atom is -0.321 e. The molecule has 0 radical (unpaired) electrons. The van der Waals surface area contributed by atoms with Crippen LogP contribution in [0.25, 0.3) is 0 Å². The molecule has 1 aromatic carbocycles. The predicted molar refractivity (Wildman–Crippen MR) is 61.0 cm³/mol. The van der Waals surface area contributed by atoms with Gasteiger partial charge in [0.25, 0.3) is 0 Å². The van der Waals surface area contributed by atoms with Crippen molar-refractivity contribution in [2.24, 2.45) is 0 Å². The van der Waals surface area contributed by atoms with Crippen LogP contribution in [0, 0.1) is 0 Å². The Bertz CT molecular complexity index is 578. The predicted octanol–water partition coefficient (Wildman–Crippen LogP) is 3.66. The number of anilines is 1. The van der Waals surface area contributed by atoms with Crippen LogP contribution in [0.2, 0.25) is 0 Å². The normalized spacial score (nSPS) is 12.9. The number of rotatable bonds is 4. The topological polar surface area (TPSA) is 46.2 Å². The van der Waals surface area contributed by atoms with Crippen molar-refractivity contribution in [3.63, 3.8) is 0 Å². The van der Waals surface area contributed by atoms with Crippen molar-refractivity contribution in [3.8, 4) is 0 Å². The average molecular weight is 331 g/mol. The van der Waals surface area contributed by atoms with Crippen LogP contribution in [0.15, 0.2) is 24.3 Å². The Morgan fingerprint density at radius 2 is 1.36 bits per heavy atom. The zero-order chi connectivity index (χ0) is 17.3. The van der Waals surface area contributed by atoms with Crippen LogP contribution >= 0.6 is 0 Å². The minimum atomic E-state index is -6.59. The van der Waals surface area contributed by atoms with Gasteiger partial charge in [-0.1, -0.05) is 0 Å². The van der Waals surface area contributed by atoms with Crippen LogP contribution < -0.4 is 5.32 Å². The lowest BCUT2D eigenvalue weighted by Crippen LogP contribution is -2.57. The summed E-state index contributed by atoms with van der Waals surface area (Å²) in [4.78, 5) is 22.0. The molecule has 0 unspecified atom stereocenters. The molecule has 0 aliphatic carbocycles. The van der Waals surface area contributed by atoms with Gasteiger partial charge in [0.15, 0.2) is 5.78 Å². The molecule has 10 heteroatoms. The number of halogens is 7. The summed E-state index contributed by atoms with van der Waals surface area (Å²) in [7, 11) is 0. The maximum absolute atomic E-state index is 13.0. The van der Waals surface area contributed by atoms with Gasteiger partial charge in [-0.05, 0) is 31.2 Å². The molecular weight excluding hydrogens is 323 g/mol. The molecule has 0 heterocycles. The fraction of sp³-hybridized carbons (Fsp3) is 0.333. The van der Waals surface area contributed by atoms with Crippen molar-refractivity contribution in [3.05, 3.63) is 29.8 Å². The van der Waals surface area contributed by atoms with Gasteiger partial charge in [0.2, 0.25) is 0 Å². The van der Waals surface area contributed by atoms with Crippen LogP contribution in [0.3, 0.4) is 0 Å². The first-order chi connectivity index (χ1) is 9.80. The first-order valence-corrected chi connectivity index (χ1v) is 5.55. The molecule has 1 amide bonds. The van der Waals surface area contributed by atoms with E-state index in [2.05, 4.69) is 0 Å². The molecule has 0 fully saturated rings. The monoisotopic (exact) mass is 331 g/mol. The number of nitrogens with one attached hydrogen (secondary N) is 1. The highest BCUT2D eigenvalue weighted by molar-refractivity contribution is 5.98. The molecule has 0 spiro atoms. The van der Waals surface area contributed by atoms with Crippen molar-refractivity contribution in [2.45, 2.75) is 24.9 Å². The highest BCUT2D eigenvalue weighted by atomic mass is 19.4. The summed E-state index contributed by atoms with van der Waals surface area (Å²) in [5.74, 6) is -15.7. The van der Waals surface area contributed by atoms with Gasteiger partial charge in [-0.3, -0.25) is 9.59 Å². The maximum atomic E-state index is 13.0. The first-order valence-electron chi connectivity index (χ1n) is 5.55. The van der Waals surface area contributed by atoms with Gasteiger partial charge in [-0.15, -0.1) is 0 Å². The van der Waals surface area contributed by atoms with Gasteiger partial charge in [0, 0.05) is 11.3 Å². The van der Waals surface area contributed by atoms with Crippen molar-refractivity contribution < 1.29 is 40.3 Å². The Morgan fingerprint density at radius 3 is 1.73 bits per heavy atom. The Labute approximate surface area is 119 Å². The first kappa shape index (κ1) is 17.9. The van der Waals surface area contributed by atoms with E-state index in [1.54, 1.807) is 0 Å². The van der Waals surface area contributed by atoms with Crippen LogP contribution in [0.5, 0.6) is 0 Å². The molecule has 22 heavy (non-hydrogen) atoms. The largest absolute Gasteiger partial charge is 0.460 e. The smallest absolute Gasteiger partial charge is 0.321 e. The van der Waals surface area contributed by atoms with Crippen LogP contribution in [-0.4, -0.2) is 29.7 Å². The van der Waals surface area contributed by atoms with Gasteiger partial charge in [-0.2, -0.15) is 30.7 Å². The number of amides is 1. The Balaban J connectivity index is 2.98. The second-order valence-electron chi connectivity index (χ2n) is 4.23. The van der Waals surface area contributed by atoms with E-state index in [9.17, 15) is 40.3 Å². The van der Waals surface area contributed by atoms with Crippen LogP contribution in [0.4, 0.5) is 36.4 Å². The van der Waals surface area contributed by atoms with E-state index < -0.39 is 35.4 Å². The van der Waals surface area contributed by atoms with Gasteiger partial charge in [-0.25, -0.2) is 0 Å². The minimum absolute atomic E-state index is 0.130. The molecule has 0 saturated carbocycles. The average Bonchev–Trinajstić information content (AvgIpc) is 2.37. The summed E-state index contributed by atoms with van der Waals surface area (Å²) >= 11 is 0. The zero-order valence-electron chi connectivity index (χ0n) is 10.8. The van der Waals surface area contributed by atoms with E-state index in [0.717, 1.165) is 24.3 Å². The number of Topliss-reactive ketones (excluding diaryl/α,β-unsaturated/α-hetero) is 1. The molecule has 122 valence electrons. The van der Waals surface area contributed by atoms with E-state index in [-0.39, 0.29) is 5.56 Å². The molecule has 1 N–H and O–H groups in total. The van der Waals surface area contributed by atoms with Gasteiger partial charge < -0.3 is 5.32 Å². The molecular formula is C12H8F7NO2. The van der Waals surface area contributed by atoms with Gasteiger partial charge >= 0.3 is 23.9 Å². The summed E-state index contributed by atoms with van der Waals surface area (Å²) in [6, 6.07) is 3.99. The molecule has 0 aromatic heterocycles. The van der Waals surface area contributed by atoms with Crippen LogP contribution in [-0.2, 0) is 4.79 Å². The molecule has 1 aromatic rings. The van der Waals surface area contributed by atoms with E-state index in [1.807, 2.05) is 0 Å². The summed E-state index contributed by atoms with van der Waals surface area (Å²) in [5, 5.41) is 1.25. The standard InChI is InChI=1S/C12H8F7NO2/c1-6(21)7-2-4-8(5-3-7)20-9(22)10(13,14)11(15,16)12(17,18)19/h2-5H,1H3,(H,20,22). The summed E-state index contributed by atoms with van der Waals surface area (Å²) in [6.45, 7) is 1.19. The second-order valence-corrected chi connectivity index (χ2v) is 4.23. The van der Waals surface area contributed by atoms with Crippen LogP contribution in [0.1, 0.15) is 17.3 Å². The zero-order valence-corrected chi connectivity index (χ0v) is 10.8. The third kappa shape index (κ3) is 3.20. The Kier molecular flexibility index (Phi) is 4.54. The van der Waals surface area contributed by atoms with E-state index >= 15 is 0 Å². The number of carbonyl (C=O) groups excluding carboxylic acids is 2. The fourth-order valence-corrected chi connectivity index (χ4v) is 1.32. The van der Waals surface area contributed by atoms with Crippen molar-refractivity contribution in [1.29, 1.82) is 0 Å². The number of alkyl halides is 7. The van der Waals surface area contributed by atoms with Gasteiger partial charge in [0.1, 0.15) is 0 Å². The molecule has 0 bridgehead atoms. The highest BCUT2D eigenvalue weighted by Gasteiger charge is 2.76. The Morgan fingerprint density at radius 1 is 0.909 bits per heavy atom. The Hall–Kier alpha value is -2.13. The number of ketones is 1. The molecule has 0 saturated heterocycles. The fourth-order valence-electron chi connectivity index (χ4n) is 1.32. The number of hydrogen-bond donors (Lipinski definition) is 1. The highest BCUT2D eigenvalue weighted by Crippen LogP contribution is 2.46. The number of benzene rings is 1. The lowest BCUT2D eigenvalue weighted by Gasteiger charge is -2.27. The van der Waals surface area contributed by atoms with E-state index in [4.69, 9.17) is 0 Å². The summed E-state index contributed by atoms with van der Waals surface area (Å²) in [5.41, 5.74) is -0.335. The lowest BCUT2D eigenvalue weighted by atomic mass is 10.1. The number of carbonyl (C=O) groups is 2. The maximum Gasteiger partial charge on any atom is 0.460 e. The van der Waals surface area contributed by atoms with E-state index in [0.29, 0.717) is 0 Å². The molecule has 0 aliphatic heterocycles. The number of hydrogen-bond acceptors (Lipinski definition) is 2. The molecule has 0 aliphatic rings. The quantitative estimate of drug-likeness (QED) is 0.676. The van der Waals surface area contributed by atoms with Crippen molar-refractivity contribution in [1.82, 2.24) is 0 Å². The third-order valence-corrected chi connectivity index (χ3v) is 2.58. The third-order valence-electron chi connectivity index (χ3n) is 2.58. The lowest BCUT2D eigenvalue weighted by molar-refractivity contribution is -0.343. The van der Waals surface area contributed by atoms with E-state index in [1.165, 1.54) is 12.2 Å². The van der Waals surface area contributed by atoms with Crippen molar-refractivity contribution >= 4 is 17.4 Å².